The van der Waals surface area contributed by atoms with Crippen molar-refractivity contribution >= 4 is 21.7 Å². The van der Waals surface area contributed by atoms with Gasteiger partial charge in [-0.25, -0.2) is 0 Å². The largest absolute Gasteiger partial charge is 0.360 e. The number of aromatic amines is 1. The predicted molar refractivity (Wildman–Crippen MR) is 85.7 cm³/mol. The summed E-state index contributed by atoms with van der Waals surface area (Å²) in [6.07, 6.45) is 1.49. The second-order valence-corrected chi connectivity index (χ2v) is 5.59. The van der Waals surface area contributed by atoms with Crippen LogP contribution >= 0.6 is 0 Å². The highest BCUT2D eigenvalue weighted by Crippen LogP contribution is 2.31. The second kappa shape index (κ2) is 4.46. The highest BCUT2D eigenvalue weighted by Gasteiger charge is 2.12. The predicted octanol–water partition coefficient (Wildman–Crippen LogP) is 3.79. The molecule has 1 heterocycles. The first-order chi connectivity index (χ1) is 9.95. The van der Waals surface area contributed by atoms with Crippen molar-refractivity contribution < 1.29 is 0 Å². The Kier molecular flexibility index (Phi) is 2.84. The minimum Gasteiger partial charge on any atom is -0.360 e. The Bertz CT molecular complexity index is 1000. The molecule has 0 saturated carbocycles. The molecule has 0 atom stereocenters. The Morgan fingerprint density at radius 2 is 1.48 bits per heavy atom. The van der Waals surface area contributed by atoms with Crippen molar-refractivity contribution in [2.45, 2.75) is 27.7 Å². The summed E-state index contributed by atoms with van der Waals surface area (Å²) in [5, 5.41) is 11.8. The van der Waals surface area contributed by atoms with Crippen LogP contribution in [0.25, 0.3) is 21.7 Å². The van der Waals surface area contributed by atoms with E-state index in [2.05, 4.69) is 32.7 Å². The summed E-state index contributed by atoms with van der Waals surface area (Å²) in [6, 6.07) is 5.87. The Labute approximate surface area is 122 Å². The molecule has 0 bridgehead atoms. The summed E-state index contributed by atoms with van der Waals surface area (Å²) in [4.78, 5) is 15.4. The van der Waals surface area contributed by atoms with E-state index in [9.17, 15) is 4.79 Å². The molecule has 0 spiro atoms. The van der Waals surface area contributed by atoms with Crippen LogP contribution in [0.15, 0.2) is 23.1 Å². The first-order valence-corrected chi connectivity index (χ1v) is 6.91. The standard InChI is InChI=1S/C18H16N2O/c1-9-10(2)12(4)15-6-17-16(5-14(15)11(9)3)18(21)13(7-19)8-20-17/h5-6,8H,1-4H3,(H,20,21). The van der Waals surface area contributed by atoms with Crippen molar-refractivity contribution in [3.8, 4) is 6.07 Å². The molecule has 1 aromatic heterocycles. The van der Waals surface area contributed by atoms with Gasteiger partial charge in [0.25, 0.3) is 0 Å². The van der Waals surface area contributed by atoms with Gasteiger partial charge in [-0.1, -0.05) is 0 Å². The Hall–Kier alpha value is -2.60. The highest BCUT2D eigenvalue weighted by atomic mass is 16.1. The van der Waals surface area contributed by atoms with Crippen molar-refractivity contribution in [1.29, 1.82) is 5.26 Å². The number of fused-ring (bicyclic) bond motifs is 2. The number of aryl methyl sites for hydroxylation is 2. The summed E-state index contributed by atoms with van der Waals surface area (Å²) in [5.41, 5.74) is 5.69. The molecular formula is C18H16N2O. The van der Waals surface area contributed by atoms with Crippen molar-refractivity contribution in [3.63, 3.8) is 0 Å². The molecule has 3 nitrogen and oxygen atoms in total. The number of nitriles is 1. The first-order valence-electron chi connectivity index (χ1n) is 6.91. The summed E-state index contributed by atoms with van der Waals surface area (Å²) in [7, 11) is 0. The van der Waals surface area contributed by atoms with Crippen LogP contribution in [0.1, 0.15) is 27.8 Å². The Morgan fingerprint density at radius 1 is 0.905 bits per heavy atom. The topological polar surface area (TPSA) is 56.6 Å². The van der Waals surface area contributed by atoms with Gasteiger partial charge in [0.1, 0.15) is 11.6 Å². The van der Waals surface area contributed by atoms with E-state index in [4.69, 9.17) is 5.26 Å². The average Bonchev–Trinajstić information content (AvgIpc) is 2.50. The average molecular weight is 276 g/mol. The normalized spacial score (nSPS) is 11.0. The molecule has 0 aliphatic rings. The molecule has 0 amide bonds. The minimum absolute atomic E-state index is 0.153. The lowest BCUT2D eigenvalue weighted by Crippen LogP contribution is -2.07. The van der Waals surface area contributed by atoms with Gasteiger partial charge in [0.15, 0.2) is 0 Å². The van der Waals surface area contributed by atoms with E-state index in [1.807, 2.05) is 18.2 Å². The number of benzene rings is 2. The van der Waals surface area contributed by atoms with Gasteiger partial charge in [0, 0.05) is 17.1 Å². The van der Waals surface area contributed by atoms with Crippen LogP contribution in [0.4, 0.5) is 0 Å². The third kappa shape index (κ3) is 1.76. The molecule has 0 saturated heterocycles. The summed E-state index contributed by atoms with van der Waals surface area (Å²) < 4.78 is 0. The van der Waals surface area contributed by atoms with E-state index in [1.165, 1.54) is 28.5 Å². The lowest BCUT2D eigenvalue weighted by Gasteiger charge is -2.14. The quantitative estimate of drug-likeness (QED) is 0.635. The zero-order valence-electron chi connectivity index (χ0n) is 12.6. The number of rotatable bonds is 0. The second-order valence-electron chi connectivity index (χ2n) is 5.59. The van der Waals surface area contributed by atoms with Gasteiger partial charge in [-0.3, -0.25) is 4.79 Å². The van der Waals surface area contributed by atoms with Crippen molar-refractivity contribution in [1.82, 2.24) is 4.98 Å². The van der Waals surface area contributed by atoms with Gasteiger partial charge in [-0.2, -0.15) is 5.26 Å². The number of nitrogens with one attached hydrogen (secondary N) is 1. The smallest absolute Gasteiger partial charge is 0.207 e. The van der Waals surface area contributed by atoms with Crippen molar-refractivity contribution in [3.05, 3.63) is 56.4 Å². The molecule has 3 heteroatoms. The molecule has 0 fully saturated rings. The van der Waals surface area contributed by atoms with Crippen molar-refractivity contribution in [2.75, 3.05) is 0 Å². The molecule has 1 N–H and O–H groups in total. The lowest BCUT2D eigenvalue weighted by atomic mass is 9.90. The van der Waals surface area contributed by atoms with Crippen molar-refractivity contribution in [2.24, 2.45) is 0 Å². The van der Waals surface area contributed by atoms with Crippen LogP contribution in [0.3, 0.4) is 0 Å². The maximum Gasteiger partial charge on any atom is 0.207 e. The third-order valence-electron chi connectivity index (χ3n) is 4.63. The molecule has 0 aliphatic carbocycles. The zero-order valence-corrected chi connectivity index (χ0v) is 12.6. The third-order valence-corrected chi connectivity index (χ3v) is 4.63. The van der Waals surface area contributed by atoms with E-state index in [0.717, 1.165) is 16.3 Å². The molecular weight excluding hydrogens is 260 g/mol. The maximum absolute atomic E-state index is 12.3. The van der Waals surface area contributed by atoms with Crippen LogP contribution < -0.4 is 5.43 Å². The van der Waals surface area contributed by atoms with Crippen LogP contribution in [0.2, 0.25) is 0 Å². The minimum atomic E-state index is -0.205. The number of aromatic nitrogens is 1. The van der Waals surface area contributed by atoms with Crippen LogP contribution in [-0.4, -0.2) is 4.98 Å². The molecule has 2 aromatic carbocycles. The molecule has 104 valence electrons. The van der Waals surface area contributed by atoms with Gasteiger partial charge >= 0.3 is 0 Å². The van der Waals surface area contributed by atoms with Gasteiger partial charge in [-0.05, 0) is 72.9 Å². The van der Waals surface area contributed by atoms with Gasteiger partial charge < -0.3 is 4.98 Å². The van der Waals surface area contributed by atoms with E-state index >= 15 is 0 Å². The van der Waals surface area contributed by atoms with E-state index in [0.29, 0.717) is 5.39 Å². The molecule has 3 aromatic rings. The summed E-state index contributed by atoms with van der Waals surface area (Å²) >= 11 is 0. The molecule has 21 heavy (non-hydrogen) atoms. The molecule has 0 radical (unpaired) electrons. The van der Waals surface area contributed by atoms with E-state index in [-0.39, 0.29) is 11.0 Å². The fourth-order valence-electron chi connectivity index (χ4n) is 2.94. The van der Waals surface area contributed by atoms with Gasteiger partial charge in [0.05, 0.1) is 0 Å². The maximum atomic E-state index is 12.3. The number of pyridine rings is 1. The van der Waals surface area contributed by atoms with Crippen LogP contribution in [-0.2, 0) is 0 Å². The molecule has 0 aliphatic heterocycles. The highest BCUT2D eigenvalue weighted by molar-refractivity contribution is 6.00. The monoisotopic (exact) mass is 276 g/mol. The molecule has 3 rings (SSSR count). The Balaban J connectivity index is 2.60. The fourth-order valence-corrected chi connectivity index (χ4v) is 2.94. The summed E-state index contributed by atoms with van der Waals surface area (Å²) in [5.74, 6) is 0. The number of hydrogen-bond acceptors (Lipinski definition) is 2. The fraction of sp³-hybridized carbons (Fsp3) is 0.222. The van der Waals surface area contributed by atoms with Crippen LogP contribution in [0.5, 0.6) is 0 Å². The lowest BCUT2D eigenvalue weighted by molar-refractivity contribution is 1.25. The SMILES string of the molecule is Cc1c(C)c(C)c2cc3c(=O)c(C#N)c[nH]c3cc2c1C. The van der Waals surface area contributed by atoms with Gasteiger partial charge in [-0.15, -0.1) is 0 Å². The van der Waals surface area contributed by atoms with Gasteiger partial charge in [0.2, 0.25) is 5.43 Å². The number of nitrogens with zero attached hydrogens (tertiary/aromatic N) is 1. The number of hydrogen-bond donors (Lipinski definition) is 1. The molecule has 0 unspecified atom stereocenters. The Morgan fingerprint density at radius 3 is 2.05 bits per heavy atom. The van der Waals surface area contributed by atoms with E-state index < -0.39 is 0 Å². The summed E-state index contributed by atoms with van der Waals surface area (Å²) in [6.45, 7) is 8.43. The zero-order chi connectivity index (χ0) is 15.3. The van der Waals surface area contributed by atoms with E-state index in [1.54, 1.807) is 0 Å². The van der Waals surface area contributed by atoms with Crippen LogP contribution in [0, 0.1) is 39.0 Å². The number of H-pyrrole nitrogens is 1. The first kappa shape index (κ1) is 13.4.